The molecule has 0 radical (unpaired) electrons. The van der Waals surface area contributed by atoms with Crippen molar-refractivity contribution in [1.29, 1.82) is 0 Å². The lowest BCUT2D eigenvalue weighted by Gasteiger charge is -2.05. The molecule has 0 saturated carbocycles. The van der Waals surface area contributed by atoms with Gasteiger partial charge in [-0.05, 0) is 41.8 Å². The van der Waals surface area contributed by atoms with E-state index in [1.807, 2.05) is 0 Å². The van der Waals surface area contributed by atoms with Crippen LogP contribution in [-0.4, -0.2) is 0 Å². The molecule has 2 aromatic carbocycles. The Morgan fingerprint density at radius 3 is 2.43 bits per heavy atom. The average molecular weight is 344 g/mol. The number of rotatable bonds is 3. The Kier molecular flexibility index (Phi) is 3.97. The first-order valence-corrected chi connectivity index (χ1v) is 7.32. The largest absolute Gasteiger partial charge is 0.485 e. The number of ether oxygens (including phenoxy) is 1. The van der Waals surface area contributed by atoms with E-state index < -0.39 is 23.4 Å². The SMILES string of the molecule is Fc1ccc(OCc2cc3cc(C(F)(F)F)ccc3s2)c(F)c1. The van der Waals surface area contributed by atoms with Gasteiger partial charge in [0, 0.05) is 15.6 Å². The van der Waals surface area contributed by atoms with Crippen LogP contribution in [0.4, 0.5) is 22.0 Å². The highest BCUT2D eigenvalue weighted by molar-refractivity contribution is 7.19. The van der Waals surface area contributed by atoms with Crippen molar-refractivity contribution in [3.8, 4) is 5.75 Å². The first-order chi connectivity index (χ1) is 10.8. The zero-order chi connectivity index (χ0) is 16.6. The Balaban J connectivity index is 1.81. The minimum atomic E-state index is -4.40. The summed E-state index contributed by atoms with van der Waals surface area (Å²) in [7, 11) is 0. The van der Waals surface area contributed by atoms with E-state index in [0.717, 1.165) is 18.2 Å². The third kappa shape index (κ3) is 3.44. The Labute approximate surface area is 131 Å². The second kappa shape index (κ2) is 5.81. The summed E-state index contributed by atoms with van der Waals surface area (Å²) in [5.41, 5.74) is -0.722. The van der Waals surface area contributed by atoms with Crippen LogP contribution < -0.4 is 4.74 Å². The van der Waals surface area contributed by atoms with Crippen molar-refractivity contribution in [1.82, 2.24) is 0 Å². The Bertz CT molecular complexity index is 853. The van der Waals surface area contributed by atoms with E-state index in [2.05, 4.69) is 0 Å². The number of fused-ring (bicyclic) bond motifs is 1. The van der Waals surface area contributed by atoms with E-state index >= 15 is 0 Å². The van der Waals surface area contributed by atoms with Gasteiger partial charge in [-0.25, -0.2) is 8.78 Å². The highest BCUT2D eigenvalue weighted by Gasteiger charge is 2.30. The smallest absolute Gasteiger partial charge is 0.416 e. The van der Waals surface area contributed by atoms with E-state index in [-0.39, 0.29) is 12.4 Å². The first kappa shape index (κ1) is 15.7. The maximum Gasteiger partial charge on any atom is 0.416 e. The van der Waals surface area contributed by atoms with Gasteiger partial charge in [-0.15, -0.1) is 11.3 Å². The summed E-state index contributed by atoms with van der Waals surface area (Å²) in [6.07, 6.45) is -4.40. The Hall–Kier alpha value is -2.15. The zero-order valence-electron chi connectivity index (χ0n) is 11.5. The van der Waals surface area contributed by atoms with Crippen LogP contribution in [0.1, 0.15) is 10.4 Å². The summed E-state index contributed by atoms with van der Waals surface area (Å²) in [4.78, 5) is 0.642. The van der Waals surface area contributed by atoms with Gasteiger partial charge >= 0.3 is 6.18 Å². The maximum absolute atomic E-state index is 13.5. The van der Waals surface area contributed by atoms with Crippen LogP contribution in [0.5, 0.6) is 5.75 Å². The van der Waals surface area contributed by atoms with Crippen molar-refractivity contribution in [2.75, 3.05) is 0 Å². The van der Waals surface area contributed by atoms with Crippen molar-refractivity contribution < 1.29 is 26.7 Å². The monoisotopic (exact) mass is 344 g/mol. The molecule has 1 heterocycles. The maximum atomic E-state index is 13.5. The van der Waals surface area contributed by atoms with Gasteiger partial charge in [0.25, 0.3) is 0 Å². The van der Waals surface area contributed by atoms with Gasteiger partial charge in [-0.3, -0.25) is 0 Å². The quantitative estimate of drug-likeness (QED) is 0.548. The molecule has 3 rings (SSSR count). The van der Waals surface area contributed by atoms with Crippen LogP contribution >= 0.6 is 11.3 Å². The molecule has 1 aromatic heterocycles. The van der Waals surface area contributed by atoms with Crippen molar-refractivity contribution in [2.45, 2.75) is 12.8 Å². The van der Waals surface area contributed by atoms with Crippen molar-refractivity contribution in [2.24, 2.45) is 0 Å². The molecule has 120 valence electrons. The number of hydrogen-bond acceptors (Lipinski definition) is 2. The molecule has 0 aliphatic carbocycles. The van der Waals surface area contributed by atoms with Crippen LogP contribution in [0.25, 0.3) is 10.1 Å². The van der Waals surface area contributed by atoms with Crippen LogP contribution in [0.15, 0.2) is 42.5 Å². The topological polar surface area (TPSA) is 9.23 Å². The van der Waals surface area contributed by atoms with E-state index in [4.69, 9.17) is 4.74 Å². The van der Waals surface area contributed by atoms with Gasteiger partial charge in [0.15, 0.2) is 11.6 Å². The lowest BCUT2D eigenvalue weighted by molar-refractivity contribution is -0.137. The van der Waals surface area contributed by atoms with Crippen LogP contribution in [-0.2, 0) is 12.8 Å². The zero-order valence-corrected chi connectivity index (χ0v) is 12.3. The molecule has 1 nitrogen and oxygen atoms in total. The third-order valence-corrected chi connectivity index (χ3v) is 4.25. The molecule has 0 saturated heterocycles. The molecule has 0 fully saturated rings. The highest BCUT2D eigenvalue weighted by atomic mass is 32.1. The fraction of sp³-hybridized carbons (Fsp3) is 0.125. The summed E-state index contributed by atoms with van der Waals surface area (Å²) >= 11 is 1.26. The van der Waals surface area contributed by atoms with Gasteiger partial charge in [0.05, 0.1) is 5.56 Å². The lowest BCUT2D eigenvalue weighted by atomic mass is 10.1. The highest BCUT2D eigenvalue weighted by Crippen LogP contribution is 2.34. The van der Waals surface area contributed by atoms with Gasteiger partial charge in [0.2, 0.25) is 0 Å². The molecular weight excluding hydrogens is 335 g/mol. The van der Waals surface area contributed by atoms with Gasteiger partial charge in [-0.2, -0.15) is 13.2 Å². The number of thiophene rings is 1. The van der Waals surface area contributed by atoms with E-state index in [9.17, 15) is 22.0 Å². The molecule has 0 atom stereocenters. The lowest BCUT2D eigenvalue weighted by Crippen LogP contribution is -2.03. The number of halogens is 5. The molecule has 0 aliphatic rings. The summed E-state index contributed by atoms with van der Waals surface area (Å²) in [5.74, 6) is -1.65. The predicted octanol–water partition coefficient (Wildman–Crippen LogP) is 5.78. The summed E-state index contributed by atoms with van der Waals surface area (Å²) in [5, 5.41) is 0.447. The van der Waals surface area contributed by atoms with E-state index in [1.165, 1.54) is 23.5 Å². The standard InChI is InChI=1S/C16H9F5OS/c17-11-2-3-14(13(18)7-11)22-8-12-6-9-5-10(16(19,20)21)1-4-15(9)23-12/h1-7H,8H2. The normalized spacial score (nSPS) is 11.9. The van der Waals surface area contributed by atoms with E-state index in [1.54, 1.807) is 6.07 Å². The van der Waals surface area contributed by atoms with Gasteiger partial charge in [0.1, 0.15) is 12.4 Å². The molecule has 3 aromatic rings. The molecule has 23 heavy (non-hydrogen) atoms. The molecule has 0 spiro atoms. The van der Waals surface area contributed by atoms with Crippen LogP contribution in [0.3, 0.4) is 0 Å². The average Bonchev–Trinajstić information content (AvgIpc) is 2.87. The predicted molar refractivity (Wildman–Crippen MR) is 77.5 cm³/mol. The van der Waals surface area contributed by atoms with Crippen molar-refractivity contribution >= 4 is 21.4 Å². The Morgan fingerprint density at radius 1 is 0.957 bits per heavy atom. The summed E-state index contributed by atoms with van der Waals surface area (Å²) < 4.78 is 70.2. The second-order valence-electron chi connectivity index (χ2n) is 4.83. The molecule has 0 bridgehead atoms. The van der Waals surface area contributed by atoms with Gasteiger partial charge in [-0.1, -0.05) is 0 Å². The third-order valence-electron chi connectivity index (χ3n) is 3.16. The van der Waals surface area contributed by atoms with Crippen molar-refractivity contribution in [3.05, 3.63) is 64.5 Å². The fourth-order valence-corrected chi connectivity index (χ4v) is 3.04. The van der Waals surface area contributed by atoms with Crippen LogP contribution in [0.2, 0.25) is 0 Å². The molecular formula is C16H9F5OS. The first-order valence-electron chi connectivity index (χ1n) is 6.50. The molecule has 0 amide bonds. The van der Waals surface area contributed by atoms with Crippen LogP contribution in [0, 0.1) is 11.6 Å². The minimum Gasteiger partial charge on any atom is -0.485 e. The van der Waals surface area contributed by atoms with Crippen molar-refractivity contribution in [3.63, 3.8) is 0 Å². The summed E-state index contributed by atoms with van der Waals surface area (Å²) in [6, 6.07) is 7.98. The number of benzene rings is 2. The Morgan fingerprint density at radius 2 is 1.74 bits per heavy atom. The molecule has 0 aliphatic heterocycles. The fourth-order valence-electron chi connectivity index (χ4n) is 2.09. The number of alkyl halides is 3. The summed E-state index contributed by atoms with van der Waals surface area (Å²) in [6.45, 7) is -0.0107. The van der Waals surface area contributed by atoms with E-state index in [0.29, 0.717) is 21.0 Å². The minimum absolute atomic E-state index is 0.0107. The number of hydrogen-bond donors (Lipinski definition) is 0. The second-order valence-corrected chi connectivity index (χ2v) is 5.99. The molecule has 0 N–H and O–H groups in total. The molecule has 0 unspecified atom stereocenters. The molecule has 7 heteroatoms. The van der Waals surface area contributed by atoms with Gasteiger partial charge < -0.3 is 4.74 Å².